The zero-order valence-electron chi connectivity index (χ0n) is 14.3. The van der Waals surface area contributed by atoms with Crippen molar-refractivity contribution >= 4 is 23.2 Å². The van der Waals surface area contributed by atoms with Crippen molar-refractivity contribution in [1.82, 2.24) is 60.0 Å². The van der Waals surface area contributed by atoms with Gasteiger partial charge in [0.05, 0.1) is 37.6 Å². The smallest absolute Gasteiger partial charge is 0.209 e. The number of halogens is 2. The highest BCUT2D eigenvalue weighted by Crippen LogP contribution is 2.23. The molecular formula is C12H14Cl2N12. The summed E-state index contributed by atoms with van der Waals surface area (Å²) in [4.78, 5) is 2.75. The lowest BCUT2D eigenvalue weighted by Crippen LogP contribution is -1.92. The Balaban J connectivity index is 0.000000151. The Bertz CT molecular complexity index is 943. The number of aromatic nitrogens is 12. The van der Waals surface area contributed by atoms with Crippen molar-refractivity contribution in [3.8, 4) is 22.8 Å². The summed E-state index contributed by atoms with van der Waals surface area (Å²) in [7, 11) is 6.89. The van der Waals surface area contributed by atoms with E-state index >= 15 is 0 Å². The molecule has 0 atom stereocenters. The Labute approximate surface area is 157 Å². The number of nitrogens with zero attached hydrogens (tertiary/aromatic N) is 12. The van der Waals surface area contributed by atoms with E-state index in [9.17, 15) is 0 Å². The molecule has 0 fully saturated rings. The monoisotopic (exact) mass is 396 g/mol. The third-order valence-corrected chi connectivity index (χ3v) is 4.13. The van der Waals surface area contributed by atoms with Crippen LogP contribution in [0.4, 0.5) is 0 Å². The quantitative estimate of drug-likeness (QED) is 0.480. The molecule has 0 unspecified atom stereocenters. The first-order chi connectivity index (χ1) is 12.4. The third-order valence-electron chi connectivity index (χ3n) is 3.23. The molecule has 4 heterocycles. The lowest BCUT2D eigenvalue weighted by atomic mass is 10.3. The van der Waals surface area contributed by atoms with Gasteiger partial charge in [-0.05, 0) is 10.4 Å². The van der Waals surface area contributed by atoms with E-state index in [1.54, 1.807) is 49.9 Å². The fraction of sp³-hybridized carbons (Fsp3) is 0.333. The zero-order chi connectivity index (χ0) is 18.8. The predicted molar refractivity (Wildman–Crippen MR) is 92.0 cm³/mol. The molecule has 0 aliphatic heterocycles. The van der Waals surface area contributed by atoms with Crippen molar-refractivity contribution in [1.29, 1.82) is 0 Å². The number of rotatable bonds is 2. The van der Waals surface area contributed by atoms with Crippen LogP contribution in [0, 0.1) is 0 Å². The Morgan fingerprint density at radius 1 is 0.692 bits per heavy atom. The second kappa shape index (κ2) is 7.17. The maximum Gasteiger partial charge on any atom is 0.209 e. The van der Waals surface area contributed by atoms with E-state index in [1.165, 1.54) is 9.59 Å². The molecule has 0 saturated heterocycles. The molecular weight excluding hydrogens is 383 g/mol. The molecule has 0 N–H and O–H groups in total. The molecule has 4 aromatic heterocycles. The molecule has 0 amide bonds. The van der Waals surface area contributed by atoms with Crippen LogP contribution in [0.15, 0.2) is 12.4 Å². The van der Waals surface area contributed by atoms with E-state index < -0.39 is 0 Å². The largest absolute Gasteiger partial charge is 0.256 e. The van der Waals surface area contributed by atoms with E-state index in [1.807, 2.05) is 0 Å². The highest BCUT2D eigenvalue weighted by Gasteiger charge is 2.13. The first-order valence-corrected chi connectivity index (χ1v) is 7.96. The Morgan fingerprint density at radius 2 is 1.08 bits per heavy atom. The van der Waals surface area contributed by atoms with Gasteiger partial charge in [0.25, 0.3) is 0 Å². The molecule has 4 aromatic rings. The average Bonchev–Trinajstić information content (AvgIpc) is 3.35. The van der Waals surface area contributed by atoms with E-state index in [-0.39, 0.29) is 0 Å². The summed E-state index contributed by atoms with van der Waals surface area (Å²) in [5, 5.41) is 32.0. The maximum absolute atomic E-state index is 5.94. The average molecular weight is 397 g/mol. The Kier molecular flexibility index (Phi) is 4.95. The van der Waals surface area contributed by atoms with E-state index in [2.05, 4.69) is 41.0 Å². The van der Waals surface area contributed by atoms with E-state index in [4.69, 9.17) is 23.2 Å². The third kappa shape index (κ3) is 3.55. The normalized spacial score (nSPS) is 10.7. The molecule has 0 aliphatic rings. The minimum absolute atomic E-state index is 0.487. The van der Waals surface area contributed by atoms with Crippen molar-refractivity contribution in [2.24, 2.45) is 28.2 Å². The van der Waals surface area contributed by atoms with Crippen molar-refractivity contribution in [3.63, 3.8) is 0 Å². The second-order valence-corrected chi connectivity index (χ2v) is 5.87. The van der Waals surface area contributed by atoms with Crippen LogP contribution in [0.25, 0.3) is 22.8 Å². The molecule has 136 valence electrons. The van der Waals surface area contributed by atoms with Crippen LogP contribution < -0.4 is 0 Å². The molecule has 0 bridgehead atoms. The first-order valence-electron chi connectivity index (χ1n) is 7.20. The second-order valence-electron chi connectivity index (χ2n) is 5.15. The highest BCUT2D eigenvalue weighted by molar-refractivity contribution is 6.32. The number of aryl methyl sites for hydroxylation is 4. The molecule has 0 aliphatic carbocycles. The Morgan fingerprint density at radius 3 is 1.31 bits per heavy atom. The van der Waals surface area contributed by atoms with Crippen LogP contribution >= 0.6 is 23.2 Å². The molecule has 12 nitrogen and oxygen atoms in total. The standard InChI is InChI=1S/2C6H7ClN6/c2*1-12-5(7)4(3-8-12)6-9-11-13(2)10-6/h2*3H,1-2H3. The molecule has 26 heavy (non-hydrogen) atoms. The van der Waals surface area contributed by atoms with Crippen LogP contribution in [0.5, 0.6) is 0 Å². The molecule has 0 spiro atoms. The van der Waals surface area contributed by atoms with E-state index in [0.717, 1.165) is 0 Å². The first kappa shape index (κ1) is 17.9. The Hall–Kier alpha value is -2.86. The fourth-order valence-corrected chi connectivity index (χ4v) is 2.28. The summed E-state index contributed by atoms with van der Waals surface area (Å²) in [5.41, 5.74) is 1.38. The van der Waals surface area contributed by atoms with Gasteiger partial charge in [-0.2, -0.15) is 19.8 Å². The van der Waals surface area contributed by atoms with Gasteiger partial charge in [0.2, 0.25) is 11.6 Å². The lowest BCUT2D eigenvalue weighted by molar-refractivity contribution is 0.630. The van der Waals surface area contributed by atoms with Crippen molar-refractivity contribution < 1.29 is 0 Å². The van der Waals surface area contributed by atoms with Crippen molar-refractivity contribution in [3.05, 3.63) is 22.7 Å². The molecule has 0 aromatic carbocycles. The highest BCUT2D eigenvalue weighted by atomic mass is 35.5. The van der Waals surface area contributed by atoms with Gasteiger partial charge in [0.15, 0.2) is 0 Å². The maximum atomic E-state index is 5.94. The van der Waals surface area contributed by atoms with Gasteiger partial charge in [-0.1, -0.05) is 23.2 Å². The predicted octanol–water partition coefficient (Wildman–Crippen LogP) is 0.528. The van der Waals surface area contributed by atoms with Gasteiger partial charge in [-0.3, -0.25) is 9.36 Å². The van der Waals surface area contributed by atoms with Crippen LogP contribution in [0.1, 0.15) is 0 Å². The molecule has 14 heteroatoms. The molecule has 0 saturated carbocycles. The van der Waals surface area contributed by atoms with Gasteiger partial charge < -0.3 is 0 Å². The minimum atomic E-state index is 0.487. The van der Waals surface area contributed by atoms with Gasteiger partial charge in [-0.15, -0.1) is 20.4 Å². The van der Waals surface area contributed by atoms with Crippen LogP contribution in [-0.4, -0.2) is 60.0 Å². The van der Waals surface area contributed by atoms with Crippen LogP contribution in [-0.2, 0) is 28.2 Å². The summed E-state index contributed by atoms with van der Waals surface area (Å²) in [6, 6.07) is 0. The summed E-state index contributed by atoms with van der Waals surface area (Å²) < 4.78 is 3.10. The summed E-state index contributed by atoms with van der Waals surface area (Å²) in [6.07, 6.45) is 3.22. The van der Waals surface area contributed by atoms with Gasteiger partial charge >= 0.3 is 0 Å². The van der Waals surface area contributed by atoms with Crippen molar-refractivity contribution in [2.45, 2.75) is 0 Å². The van der Waals surface area contributed by atoms with Gasteiger partial charge in [-0.25, -0.2) is 0 Å². The molecule has 4 rings (SSSR count). The number of tetrazole rings is 2. The minimum Gasteiger partial charge on any atom is -0.256 e. The zero-order valence-corrected chi connectivity index (χ0v) is 15.8. The topological polar surface area (TPSA) is 123 Å². The summed E-state index contributed by atoms with van der Waals surface area (Å²) >= 11 is 11.9. The lowest BCUT2D eigenvalue weighted by Gasteiger charge is -1.90. The summed E-state index contributed by atoms with van der Waals surface area (Å²) in [6.45, 7) is 0. The van der Waals surface area contributed by atoms with Crippen LogP contribution in [0.3, 0.4) is 0 Å². The van der Waals surface area contributed by atoms with Gasteiger partial charge in [0.1, 0.15) is 10.3 Å². The fourth-order valence-electron chi connectivity index (χ4n) is 1.93. The number of hydrogen-bond acceptors (Lipinski definition) is 8. The summed E-state index contributed by atoms with van der Waals surface area (Å²) in [5.74, 6) is 0.973. The van der Waals surface area contributed by atoms with E-state index in [0.29, 0.717) is 33.1 Å². The number of hydrogen-bond donors (Lipinski definition) is 0. The van der Waals surface area contributed by atoms with Gasteiger partial charge in [0, 0.05) is 14.1 Å². The molecule has 0 radical (unpaired) electrons. The van der Waals surface area contributed by atoms with Crippen LogP contribution in [0.2, 0.25) is 10.3 Å². The SMILES string of the molecule is Cn1nnc(-c2cnn(C)c2Cl)n1.Cn1nnc(-c2cnn(C)c2Cl)n1. The van der Waals surface area contributed by atoms with Crippen molar-refractivity contribution in [2.75, 3.05) is 0 Å².